The molecule has 0 unspecified atom stereocenters. The van der Waals surface area contributed by atoms with Crippen molar-refractivity contribution in [2.45, 2.75) is 39.6 Å². The number of ether oxygens (including phenoxy) is 1. The summed E-state index contributed by atoms with van der Waals surface area (Å²) >= 11 is 0. The Kier molecular flexibility index (Phi) is 6.69. The summed E-state index contributed by atoms with van der Waals surface area (Å²) in [5.41, 5.74) is 6.74. The van der Waals surface area contributed by atoms with Crippen molar-refractivity contribution in [2.75, 3.05) is 13.2 Å². The molecule has 0 heterocycles. The molecule has 1 atom stereocenters. The Balaban J connectivity index is 2.89. The van der Waals surface area contributed by atoms with E-state index in [4.69, 9.17) is 19.5 Å². The van der Waals surface area contributed by atoms with Gasteiger partial charge in [0.25, 0.3) is 0 Å². The summed E-state index contributed by atoms with van der Waals surface area (Å²) in [4.78, 5) is 0. The third kappa shape index (κ3) is 4.60. The lowest BCUT2D eigenvalue weighted by Gasteiger charge is -2.23. The van der Waals surface area contributed by atoms with Gasteiger partial charge in [0.1, 0.15) is 11.5 Å². The lowest BCUT2D eigenvalue weighted by Crippen LogP contribution is -2.15. The molecule has 0 saturated heterocycles. The zero-order valence-corrected chi connectivity index (χ0v) is 13.4. The molecule has 0 amide bonds. The maximum Gasteiger partial charge on any atom is 0.351 e. The molecule has 0 aliphatic carbocycles. The van der Waals surface area contributed by atoms with E-state index < -0.39 is 13.4 Å². The van der Waals surface area contributed by atoms with Crippen LogP contribution in [0.2, 0.25) is 0 Å². The second-order valence-electron chi connectivity index (χ2n) is 4.56. The molecule has 0 saturated carbocycles. The van der Waals surface area contributed by atoms with Crippen molar-refractivity contribution < 1.29 is 18.3 Å². The van der Waals surface area contributed by atoms with Gasteiger partial charge >= 0.3 is 7.60 Å². The molecule has 0 fully saturated rings. The Morgan fingerprint density at radius 2 is 1.60 bits per heavy atom. The van der Waals surface area contributed by atoms with E-state index in [1.165, 1.54) is 0 Å². The van der Waals surface area contributed by atoms with Gasteiger partial charge in [-0.3, -0.25) is 4.57 Å². The van der Waals surface area contributed by atoms with E-state index in [0.29, 0.717) is 18.8 Å². The summed E-state index contributed by atoms with van der Waals surface area (Å²) < 4.78 is 28.6. The van der Waals surface area contributed by atoms with Crippen LogP contribution in [0.25, 0.3) is 0 Å². The van der Waals surface area contributed by atoms with Crippen LogP contribution in [-0.2, 0) is 13.6 Å². The minimum atomic E-state index is -3.34. The highest BCUT2D eigenvalue weighted by Crippen LogP contribution is 2.58. The van der Waals surface area contributed by atoms with Gasteiger partial charge in [0.15, 0.2) is 0 Å². The molecular weight excluding hydrogens is 277 g/mol. The largest absolute Gasteiger partial charge is 0.491 e. The third-order valence-corrected chi connectivity index (χ3v) is 4.77. The number of hydrogen-bond acceptors (Lipinski definition) is 5. The Morgan fingerprint density at radius 1 is 1.10 bits per heavy atom. The highest BCUT2D eigenvalue weighted by atomic mass is 31.2. The molecule has 0 aliphatic heterocycles. The first-order valence-electron chi connectivity index (χ1n) is 6.84. The third-order valence-electron chi connectivity index (χ3n) is 2.55. The Morgan fingerprint density at radius 3 is 2.00 bits per heavy atom. The zero-order chi connectivity index (χ0) is 15.2. The van der Waals surface area contributed by atoms with Crippen LogP contribution < -0.4 is 10.5 Å². The number of rotatable bonds is 8. The van der Waals surface area contributed by atoms with E-state index in [-0.39, 0.29) is 6.10 Å². The van der Waals surface area contributed by atoms with Crippen LogP contribution in [0.1, 0.15) is 39.0 Å². The Labute approximate surface area is 120 Å². The number of hydrogen-bond donors (Lipinski definition) is 1. The van der Waals surface area contributed by atoms with Gasteiger partial charge in [-0.05, 0) is 45.4 Å². The smallest absolute Gasteiger partial charge is 0.351 e. The van der Waals surface area contributed by atoms with Crippen LogP contribution in [0.5, 0.6) is 5.75 Å². The van der Waals surface area contributed by atoms with E-state index in [0.717, 1.165) is 5.75 Å². The molecule has 6 heteroatoms. The molecule has 20 heavy (non-hydrogen) atoms. The molecule has 2 N–H and O–H groups in total. The van der Waals surface area contributed by atoms with Crippen molar-refractivity contribution in [3.8, 4) is 5.75 Å². The SMILES string of the molecule is CCOP(=O)(OCC)[C@@H](N)c1ccc(OC(C)C)cc1. The number of nitrogens with two attached hydrogens (primary N) is 1. The first-order chi connectivity index (χ1) is 9.42. The van der Waals surface area contributed by atoms with Gasteiger partial charge in [-0.25, -0.2) is 0 Å². The minimum Gasteiger partial charge on any atom is -0.491 e. The molecule has 1 aromatic rings. The standard InChI is InChI=1S/C14H24NO4P/c1-5-17-20(16,18-6-2)14(15)12-7-9-13(10-8-12)19-11(3)4/h7-11,14H,5-6,15H2,1-4H3/t14-/m1/s1. The summed E-state index contributed by atoms with van der Waals surface area (Å²) in [5, 5.41) is 0. The Hall–Kier alpha value is -0.870. The average Bonchev–Trinajstić information content (AvgIpc) is 2.38. The first-order valence-corrected chi connectivity index (χ1v) is 8.45. The minimum absolute atomic E-state index is 0.104. The van der Waals surface area contributed by atoms with Crippen molar-refractivity contribution in [3.05, 3.63) is 29.8 Å². The van der Waals surface area contributed by atoms with Gasteiger partial charge in [-0.15, -0.1) is 0 Å². The quantitative estimate of drug-likeness (QED) is 0.741. The van der Waals surface area contributed by atoms with E-state index in [1.54, 1.807) is 38.1 Å². The summed E-state index contributed by atoms with van der Waals surface area (Å²) in [6, 6.07) is 7.18. The molecule has 0 spiro atoms. The maximum absolute atomic E-state index is 12.6. The topological polar surface area (TPSA) is 70.8 Å². The van der Waals surface area contributed by atoms with Crippen LogP contribution in [0.3, 0.4) is 0 Å². The van der Waals surface area contributed by atoms with Crippen LogP contribution in [0, 0.1) is 0 Å². The molecule has 1 aromatic carbocycles. The van der Waals surface area contributed by atoms with Crippen LogP contribution in [-0.4, -0.2) is 19.3 Å². The second-order valence-corrected chi connectivity index (χ2v) is 6.71. The lowest BCUT2D eigenvalue weighted by molar-refractivity contribution is 0.212. The van der Waals surface area contributed by atoms with Crippen LogP contribution >= 0.6 is 7.60 Å². The van der Waals surface area contributed by atoms with Crippen molar-refractivity contribution in [1.29, 1.82) is 0 Å². The fourth-order valence-corrected chi connectivity index (χ4v) is 3.41. The monoisotopic (exact) mass is 301 g/mol. The lowest BCUT2D eigenvalue weighted by atomic mass is 10.2. The molecule has 5 nitrogen and oxygen atoms in total. The van der Waals surface area contributed by atoms with Gasteiger partial charge in [0.2, 0.25) is 0 Å². The van der Waals surface area contributed by atoms with Crippen molar-refractivity contribution in [3.63, 3.8) is 0 Å². The van der Waals surface area contributed by atoms with Gasteiger partial charge in [-0.1, -0.05) is 12.1 Å². The second kappa shape index (κ2) is 7.79. The summed E-state index contributed by atoms with van der Waals surface area (Å²) in [6.45, 7) is 8.02. The fraction of sp³-hybridized carbons (Fsp3) is 0.571. The number of benzene rings is 1. The normalized spacial score (nSPS) is 13.5. The maximum atomic E-state index is 12.6. The van der Waals surface area contributed by atoms with Crippen molar-refractivity contribution >= 4 is 7.60 Å². The predicted octanol–water partition coefficient (Wildman–Crippen LogP) is 3.70. The van der Waals surface area contributed by atoms with E-state index in [9.17, 15) is 4.57 Å². The summed E-state index contributed by atoms with van der Waals surface area (Å²) in [5.74, 6) is -0.0471. The van der Waals surface area contributed by atoms with Gasteiger partial charge in [0.05, 0.1) is 19.3 Å². The van der Waals surface area contributed by atoms with Crippen molar-refractivity contribution in [2.24, 2.45) is 5.73 Å². The molecule has 0 aromatic heterocycles. The van der Waals surface area contributed by atoms with E-state index in [2.05, 4.69) is 0 Å². The summed E-state index contributed by atoms with van der Waals surface area (Å²) in [7, 11) is -3.34. The summed E-state index contributed by atoms with van der Waals surface area (Å²) in [6.07, 6.45) is 0.104. The van der Waals surface area contributed by atoms with E-state index >= 15 is 0 Å². The molecular formula is C14H24NO4P. The Bertz CT molecular complexity index is 437. The average molecular weight is 301 g/mol. The first kappa shape index (κ1) is 17.2. The van der Waals surface area contributed by atoms with Crippen LogP contribution in [0.4, 0.5) is 0 Å². The molecule has 0 aliphatic rings. The fourth-order valence-electron chi connectivity index (χ4n) is 1.76. The highest BCUT2D eigenvalue weighted by molar-refractivity contribution is 7.54. The van der Waals surface area contributed by atoms with Gasteiger partial charge < -0.3 is 19.5 Å². The van der Waals surface area contributed by atoms with Gasteiger partial charge in [-0.2, -0.15) is 0 Å². The molecule has 0 bridgehead atoms. The van der Waals surface area contributed by atoms with Crippen LogP contribution in [0.15, 0.2) is 24.3 Å². The van der Waals surface area contributed by atoms with E-state index in [1.807, 2.05) is 13.8 Å². The molecule has 1 rings (SSSR count). The molecule has 114 valence electrons. The zero-order valence-electron chi connectivity index (χ0n) is 12.5. The predicted molar refractivity (Wildman–Crippen MR) is 80.0 cm³/mol. The van der Waals surface area contributed by atoms with Crippen molar-refractivity contribution in [1.82, 2.24) is 0 Å². The van der Waals surface area contributed by atoms with Gasteiger partial charge in [0, 0.05) is 0 Å². The molecule has 0 radical (unpaired) electrons. The highest BCUT2D eigenvalue weighted by Gasteiger charge is 2.33.